The summed E-state index contributed by atoms with van der Waals surface area (Å²) >= 11 is 0. The van der Waals surface area contributed by atoms with E-state index in [1.807, 2.05) is 0 Å². The molecule has 1 heterocycles. The summed E-state index contributed by atoms with van der Waals surface area (Å²) in [6, 6.07) is 2.90. The lowest BCUT2D eigenvalue weighted by atomic mass is 10.0. The van der Waals surface area contributed by atoms with E-state index in [2.05, 4.69) is 25.7 Å². The first kappa shape index (κ1) is 12.0. The molecule has 0 atom stereocenters. The van der Waals surface area contributed by atoms with Crippen LogP contribution >= 0.6 is 0 Å². The van der Waals surface area contributed by atoms with Crippen LogP contribution < -0.4 is 0 Å². The second kappa shape index (κ2) is 5.71. The maximum atomic E-state index is 5.39. The molecular formula is C12H24OSi. The third-order valence-electron chi connectivity index (χ3n) is 3.21. The monoisotopic (exact) mass is 212 g/mol. The van der Waals surface area contributed by atoms with Crippen LogP contribution in [0.1, 0.15) is 19.3 Å². The highest BCUT2D eigenvalue weighted by atomic mass is 28.3. The molecule has 0 bridgehead atoms. The standard InChI is InChI=1S/C12H24OSi/c1-4-5-10-14(2,3)11-12-6-8-13-9-7-12/h4,12H,1,5-11H2,2-3H3. The lowest BCUT2D eigenvalue weighted by Crippen LogP contribution is -2.30. The van der Waals surface area contributed by atoms with Gasteiger partial charge in [0.25, 0.3) is 0 Å². The molecule has 0 aromatic carbocycles. The van der Waals surface area contributed by atoms with Crippen molar-refractivity contribution in [3.63, 3.8) is 0 Å². The van der Waals surface area contributed by atoms with Crippen LogP contribution in [0.5, 0.6) is 0 Å². The summed E-state index contributed by atoms with van der Waals surface area (Å²) in [6.07, 6.45) is 5.87. The largest absolute Gasteiger partial charge is 0.381 e. The second-order valence-corrected chi connectivity index (χ2v) is 10.5. The Balaban J connectivity index is 2.28. The first-order chi connectivity index (χ1) is 6.64. The van der Waals surface area contributed by atoms with Crippen LogP contribution in [0.4, 0.5) is 0 Å². The Morgan fingerprint density at radius 1 is 1.36 bits per heavy atom. The average Bonchev–Trinajstić information content (AvgIpc) is 2.16. The van der Waals surface area contributed by atoms with Crippen molar-refractivity contribution in [3.8, 4) is 0 Å². The highest BCUT2D eigenvalue weighted by Crippen LogP contribution is 2.28. The fourth-order valence-corrected chi connectivity index (χ4v) is 5.49. The van der Waals surface area contributed by atoms with Gasteiger partial charge in [0.05, 0.1) is 0 Å². The lowest BCUT2D eigenvalue weighted by molar-refractivity contribution is 0.0711. The SMILES string of the molecule is C=CCC[Si](C)(C)CC1CCOCC1. The van der Waals surface area contributed by atoms with Gasteiger partial charge in [-0.1, -0.05) is 31.3 Å². The summed E-state index contributed by atoms with van der Waals surface area (Å²) < 4.78 is 5.39. The van der Waals surface area contributed by atoms with Gasteiger partial charge in [-0.25, -0.2) is 0 Å². The van der Waals surface area contributed by atoms with Crippen molar-refractivity contribution in [1.82, 2.24) is 0 Å². The van der Waals surface area contributed by atoms with Gasteiger partial charge in [0.15, 0.2) is 0 Å². The van der Waals surface area contributed by atoms with Crippen molar-refractivity contribution in [2.75, 3.05) is 13.2 Å². The van der Waals surface area contributed by atoms with Gasteiger partial charge in [0.1, 0.15) is 0 Å². The molecule has 2 heteroatoms. The van der Waals surface area contributed by atoms with Gasteiger partial charge in [-0.3, -0.25) is 0 Å². The van der Waals surface area contributed by atoms with Crippen LogP contribution in [-0.4, -0.2) is 21.3 Å². The van der Waals surface area contributed by atoms with Crippen LogP contribution in [0.3, 0.4) is 0 Å². The summed E-state index contributed by atoms with van der Waals surface area (Å²) in [6.45, 7) is 10.8. The van der Waals surface area contributed by atoms with Gasteiger partial charge in [0, 0.05) is 21.3 Å². The number of ether oxygens (including phenoxy) is 1. The Morgan fingerprint density at radius 3 is 2.57 bits per heavy atom. The molecule has 1 saturated heterocycles. The summed E-state index contributed by atoms with van der Waals surface area (Å²) in [5.74, 6) is 0.954. The second-order valence-electron chi connectivity index (χ2n) is 5.25. The third kappa shape index (κ3) is 4.42. The van der Waals surface area contributed by atoms with Crippen molar-refractivity contribution in [1.29, 1.82) is 0 Å². The minimum Gasteiger partial charge on any atom is -0.381 e. The van der Waals surface area contributed by atoms with Crippen LogP contribution in [0.25, 0.3) is 0 Å². The Labute approximate surface area is 89.6 Å². The van der Waals surface area contributed by atoms with Gasteiger partial charge in [-0.15, -0.1) is 6.58 Å². The predicted octanol–water partition coefficient (Wildman–Crippen LogP) is 3.70. The summed E-state index contributed by atoms with van der Waals surface area (Å²) in [7, 11) is -0.938. The normalized spacial score (nSPS) is 19.6. The maximum absolute atomic E-state index is 5.39. The quantitative estimate of drug-likeness (QED) is 0.499. The molecule has 0 radical (unpaired) electrons. The van der Waals surface area contributed by atoms with Crippen LogP contribution in [0, 0.1) is 5.92 Å². The number of hydrogen-bond donors (Lipinski definition) is 0. The summed E-state index contributed by atoms with van der Waals surface area (Å²) in [4.78, 5) is 0. The molecule has 1 fully saturated rings. The van der Waals surface area contributed by atoms with Gasteiger partial charge in [-0.05, 0) is 25.2 Å². The zero-order valence-electron chi connectivity index (χ0n) is 9.72. The molecule has 0 N–H and O–H groups in total. The van der Waals surface area contributed by atoms with E-state index < -0.39 is 8.07 Å². The highest BCUT2D eigenvalue weighted by Gasteiger charge is 2.25. The van der Waals surface area contributed by atoms with Gasteiger partial charge in [0.2, 0.25) is 0 Å². The molecule has 0 aliphatic carbocycles. The van der Waals surface area contributed by atoms with E-state index in [1.54, 1.807) is 0 Å². The van der Waals surface area contributed by atoms with E-state index in [0.29, 0.717) is 0 Å². The molecule has 0 aromatic rings. The van der Waals surface area contributed by atoms with Crippen molar-refractivity contribution in [3.05, 3.63) is 12.7 Å². The average molecular weight is 212 g/mol. The van der Waals surface area contributed by atoms with Gasteiger partial charge < -0.3 is 4.74 Å². The minimum atomic E-state index is -0.938. The molecule has 0 spiro atoms. The molecule has 0 unspecified atom stereocenters. The Hall–Kier alpha value is -0.0831. The van der Waals surface area contributed by atoms with Crippen LogP contribution in [-0.2, 0) is 4.74 Å². The maximum Gasteiger partial charge on any atom is 0.0479 e. The van der Waals surface area contributed by atoms with Crippen LogP contribution in [0.2, 0.25) is 25.2 Å². The van der Waals surface area contributed by atoms with Gasteiger partial charge >= 0.3 is 0 Å². The Morgan fingerprint density at radius 2 is 2.00 bits per heavy atom. The zero-order valence-corrected chi connectivity index (χ0v) is 10.7. The topological polar surface area (TPSA) is 9.23 Å². The molecule has 1 aliphatic heterocycles. The molecule has 1 aliphatic rings. The van der Waals surface area contributed by atoms with E-state index in [-0.39, 0.29) is 0 Å². The van der Waals surface area contributed by atoms with Crippen LogP contribution in [0.15, 0.2) is 12.7 Å². The fourth-order valence-electron chi connectivity index (χ4n) is 2.33. The van der Waals surface area contributed by atoms with E-state index in [1.165, 1.54) is 31.4 Å². The van der Waals surface area contributed by atoms with E-state index >= 15 is 0 Å². The molecule has 1 nitrogen and oxygen atoms in total. The first-order valence-corrected chi connectivity index (χ1v) is 9.24. The van der Waals surface area contributed by atoms with Crippen molar-refractivity contribution in [2.24, 2.45) is 5.92 Å². The third-order valence-corrected chi connectivity index (χ3v) is 6.53. The van der Waals surface area contributed by atoms with Crippen molar-refractivity contribution >= 4 is 8.07 Å². The molecule has 14 heavy (non-hydrogen) atoms. The smallest absolute Gasteiger partial charge is 0.0479 e. The first-order valence-electron chi connectivity index (χ1n) is 5.83. The molecule has 0 saturated carbocycles. The minimum absolute atomic E-state index is 0.938. The van der Waals surface area contributed by atoms with E-state index in [9.17, 15) is 0 Å². The zero-order chi connectivity index (χ0) is 10.4. The number of hydrogen-bond acceptors (Lipinski definition) is 1. The van der Waals surface area contributed by atoms with Crippen molar-refractivity contribution in [2.45, 2.75) is 44.4 Å². The molecule has 0 amide bonds. The molecule has 82 valence electrons. The predicted molar refractivity (Wildman–Crippen MR) is 65.5 cm³/mol. The molecular weight excluding hydrogens is 188 g/mol. The van der Waals surface area contributed by atoms with Gasteiger partial charge in [-0.2, -0.15) is 0 Å². The van der Waals surface area contributed by atoms with Crippen molar-refractivity contribution < 1.29 is 4.74 Å². The molecule has 0 aromatic heterocycles. The summed E-state index contributed by atoms with van der Waals surface area (Å²) in [5.41, 5.74) is 0. The summed E-state index contributed by atoms with van der Waals surface area (Å²) in [5, 5.41) is 0. The highest BCUT2D eigenvalue weighted by molar-refractivity contribution is 6.77. The Bertz CT molecular complexity index is 171. The Kier molecular flexibility index (Phi) is 4.89. The number of rotatable bonds is 5. The number of allylic oxidation sites excluding steroid dienone is 1. The van der Waals surface area contributed by atoms with E-state index in [0.717, 1.165) is 19.1 Å². The lowest BCUT2D eigenvalue weighted by Gasteiger charge is -2.30. The van der Waals surface area contributed by atoms with E-state index in [4.69, 9.17) is 4.74 Å². The molecule has 1 rings (SSSR count). The fraction of sp³-hybridized carbons (Fsp3) is 0.833.